The molecule has 0 radical (unpaired) electrons. The molecule has 0 aliphatic carbocycles. The van der Waals surface area contributed by atoms with Gasteiger partial charge in [0.2, 0.25) is 0 Å². The summed E-state index contributed by atoms with van der Waals surface area (Å²) in [5.41, 5.74) is 1.08. The maximum atomic E-state index is 5.90. The molecular weight excluding hydrogens is 308 g/mol. The van der Waals surface area contributed by atoms with Crippen molar-refractivity contribution in [2.24, 2.45) is 0 Å². The Morgan fingerprint density at radius 2 is 2.25 bits per heavy atom. The van der Waals surface area contributed by atoms with Crippen LogP contribution in [0.2, 0.25) is 4.34 Å². The van der Waals surface area contributed by atoms with Crippen LogP contribution in [0, 0.1) is 0 Å². The number of rotatable bonds is 3. The molecule has 0 fully saturated rings. The minimum atomic E-state index is 0.829. The van der Waals surface area contributed by atoms with Gasteiger partial charge in [-0.25, -0.2) is 0 Å². The second kappa shape index (κ2) is 5.17. The van der Waals surface area contributed by atoms with Crippen LogP contribution in [0.25, 0.3) is 0 Å². The van der Waals surface area contributed by atoms with Crippen molar-refractivity contribution in [1.29, 1.82) is 0 Å². The van der Waals surface area contributed by atoms with Crippen molar-refractivity contribution >= 4 is 44.6 Å². The molecule has 84 valence electrons. The first-order valence-electron chi connectivity index (χ1n) is 4.71. The van der Waals surface area contributed by atoms with E-state index in [0.717, 1.165) is 21.0 Å². The Bertz CT molecular complexity index is 486. The third kappa shape index (κ3) is 2.97. The molecule has 0 aromatic carbocycles. The molecule has 0 aliphatic heterocycles. The van der Waals surface area contributed by atoms with Crippen LogP contribution in [0.4, 0.5) is 5.69 Å². The van der Waals surface area contributed by atoms with Gasteiger partial charge in [0, 0.05) is 22.6 Å². The van der Waals surface area contributed by atoms with Gasteiger partial charge in [-0.15, -0.1) is 11.3 Å². The molecule has 0 saturated carbocycles. The van der Waals surface area contributed by atoms with Crippen LogP contribution in [0.1, 0.15) is 4.88 Å². The van der Waals surface area contributed by atoms with Crippen LogP contribution in [-0.4, -0.2) is 12.0 Å². The number of halogens is 2. The number of thiophene rings is 1. The van der Waals surface area contributed by atoms with Crippen molar-refractivity contribution in [1.82, 2.24) is 4.98 Å². The zero-order chi connectivity index (χ0) is 11.5. The maximum absolute atomic E-state index is 5.90. The fourth-order valence-electron chi connectivity index (χ4n) is 1.37. The van der Waals surface area contributed by atoms with Gasteiger partial charge in [-0.1, -0.05) is 11.6 Å². The molecule has 5 heteroatoms. The van der Waals surface area contributed by atoms with Crippen LogP contribution in [0.15, 0.2) is 35.1 Å². The van der Waals surface area contributed by atoms with Gasteiger partial charge in [-0.3, -0.25) is 4.98 Å². The molecule has 2 aromatic rings. The monoisotopic (exact) mass is 316 g/mol. The first-order valence-corrected chi connectivity index (χ1v) is 6.70. The fraction of sp³-hybridized carbons (Fsp3) is 0.182. The molecule has 2 rings (SSSR count). The molecular formula is C11H10BrClN2S. The summed E-state index contributed by atoms with van der Waals surface area (Å²) in [4.78, 5) is 7.52. The van der Waals surface area contributed by atoms with Crippen LogP contribution < -0.4 is 4.90 Å². The predicted octanol–water partition coefficient (Wildman–Crippen LogP) is 4.20. The standard InChI is InChI=1S/C11H10BrClN2S/c1-15(7-10-2-3-11(13)16-10)9-4-8(12)5-14-6-9/h2-6H,7H2,1H3. The van der Waals surface area contributed by atoms with Crippen molar-refractivity contribution in [3.63, 3.8) is 0 Å². The van der Waals surface area contributed by atoms with Crippen molar-refractivity contribution < 1.29 is 0 Å². The molecule has 0 spiro atoms. The first kappa shape index (κ1) is 11.9. The van der Waals surface area contributed by atoms with E-state index in [4.69, 9.17) is 11.6 Å². The third-order valence-electron chi connectivity index (χ3n) is 2.15. The lowest BCUT2D eigenvalue weighted by atomic mass is 10.3. The van der Waals surface area contributed by atoms with E-state index < -0.39 is 0 Å². The van der Waals surface area contributed by atoms with E-state index in [1.165, 1.54) is 4.88 Å². The van der Waals surface area contributed by atoms with E-state index in [-0.39, 0.29) is 0 Å². The van der Waals surface area contributed by atoms with Crippen molar-refractivity contribution in [3.8, 4) is 0 Å². The van der Waals surface area contributed by atoms with Crippen LogP contribution in [0.5, 0.6) is 0 Å². The van der Waals surface area contributed by atoms with E-state index in [2.05, 4.69) is 31.9 Å². The highest BCUT2D eigenvalue weighted by Gasteiger charge is 2.05. The molecule has 2 aromatic heterocycles. The van der Waals surface area contributed by atoms with Crippen LogP contribution in [0.3, 0.4) is 0 Å². The predicted molar refractivity (Wildman–Crippen MR) is 73.4 cm³/mol. The summed E-state index contributed by atoms with van der Waals surface area (Å²) in [5, 5.41) is 0. The highest BCUT2D eigenvalue weighted by atomic mass is 79.9. The minimum Gasteiger partial charge on any atom is -0.368 e. The topological polar surface area (TPSA) is 16.1 Å². The molecule has 0 bridgehead atoms. The van der Waals surface area contributed by atoms with Crippen LogP contribution >= 0.6 is 38.9 Å². The summed E-state index contributed by atoms with van der Waals surface area (Å²) in [5.74, 6) is 0. The molecule has 2 heterocycles. The second-order valence-corrected chi connectivity index (χ2v) is 6.14. The normalized spacial score (nSPS) is 10.4. The Balaban J connectivity index is 2.11. The SMILES string of the molecule is CN(Cc1ccc(Cl)s1)c1cncc(Br)c1. The lowest BCUT2D eigenvalue weighted by molar-refractivity contribution is 0.933. The molecule has 0 amide bonds. The zero-order valence-corrected chi connectivity index (χ0v) is 11.8. The summed E-state index contributed by atoms with van der Waals surface area (Å²) >= 11 is 10.9. The van der Waals surface area contributed by atoms with Gasteiger partial charge >= 0.3 is 0 Å². The Labute approximate surface area is 112 Å². The fourth-order valence-corrected chi connectivity index (χ4v) is 2.87. The van der Waals surface area contributed by atoms with Gasteiger partial charge in [-0.05, 0) is 34.1 Å². The third-order valence-corrected chi connectivity index (χ3v) is 3.80. The lowest BCUT2D eigenvalue weighted by Gasteiger charge is -2.17. The summed E-state index contributed by atoms with van der Waals surface area (Å²) < 4.78 is 1.82. The summed E-state index contributed by atoms with van der Waals surface area (Å²) in [6.45, 7) is 0.843. The van der Waals surface area contributed by atoms with Gasteiger partial charge in [-0.2, -0.15) is 0 Å². The molecule has 2 nitrogen and oxygen atoms in total. The largest absolute Gasteiger partial charge is 0.368 e. The van der Waals surface area contributed by atoms with Gasteiger partial charge in [0.05, 0.1) is 22.8 Å². The van der Waals surface area contributed by atoms with Crippen molar-refractivity contribution in [2.75, 3.05) is 11.9 Å². The maximum Gasteiger partial charge on any atom is 0.0931 e. The quantitative estimate of drug-likeness (QED) is 0.843. The van der Waals surface area contributed by atoms with Gasteiger partial charge in [0.15, 0.2) is 0 Å². The number of hydrogen-bond donors (Lipinski definition) is 0. The highest BCUT2D eigenvalue weighted by molar-refractivity contribution is 9.10. The van der Waals surface area contributed by atoms with E-state index >= 15 is 0 Å². The second-order valence-electron chi connectivity index (χ2n) is 3.42. The van der Waals surface area contributed by atoms with E-state index in [1.54, 1.807) is 17.5 Å². The number of aromatic nitrogens is 1. The van der Waals surface area contributed by atoms with Gasteiger partial charge < -0.3 is 4.90 Å². The Kier molecular flexibility index (Phi) is 3.84. The van der Waals surface area contributed by atoms with Crippen LogP contribution in [-0.2, 0) is 6.54 Å². The zero-order valence-electron chi connectivity index (χ0n) is 8.65. The lowest BCUT2D eigenvalue weighted by Crippen LogP contribution is -2.15. The Hall–Kier alpha value is -0.580. The van der Waals surface area contributed by atoms with E-state index in [1.807, 2.05) is 25.4 Å². The van der Waals surface area contributed by atoms with Gasteiger partial charge in [0.1, 0.15) is 0 Å². The van der Waals surface area contributed by atoms with E-state index in [9.17, 15) is 0 Å². The van der Waals surface area contributed by atoms with Crippen molar-refractivity contribution in [2.45, 2.75) is 6.54 Å². The molecule has 16 heavy (non-hydrogen) atoms. The Morgan fingerprint density at radius 3 is 2.88 bits per heavy atom. The molecule has 0 unspecified atom stereocenters. The summed E-state index contributed by atoms with van der Waals surface area (Å²) in [7, 11) is 2.04. The average Bonchev–Trinajstić information content (AvgIpc) is 2.64. The molecule has 0 atom stereocenters. The van der Waals surface area contributed by atoms with E-state index in [0.29, 0.717) is 0 Å². The number of hydrogen-bond acceptors (Lipinski definition) is 3. The van der Waals surface area contributed by atoms with Crippen molar-refractivity contribution in [3.05, 3.63) is 44.3 Å². The number of nitrogens with zero attached hydrogens (tertiary/aromatic N) is 2. The minimum absolute atomic E-state index is 0.829. The smallest absolute Gasteiger partial charge is 0.0931 e. The summed E-state index contributed by atoms with van der Waals surface area (Å²) in [6.07, 6.45) is 3.62. The molecule has 0 N–H and O–H groups in total. The number of pyridine rings is 1. The first-order chi connectivity index (χ1) is 7.65. The Morgan fingerprint density at radius 1 is 1.44 bits per heavy atom. The molecule has 0 aliphatic rings. The highest BCUT2D eigenvalue weighted by Crippen LogP contribution is 2.25. The number of anilines is 1. The summed E-state index contributed by atoms with van der Waals surface area (Å²) in [6, 6.07) is 6.02. The molecule has 0 saturated heterocycles. The average molecular weight is 318 g/mol. The van der Waals surface area contributed by atoms with Gasteiger partial charge in [0.25, 0.3) is 0 Å².